The first-order chi connectivity index (χ1) is 11.0. The summed E-state index contributed by atoms with van der Waals surface area (Å²) in [5.74, 6) is -0.942. The van der Waals surface area contributed by atoms with Crippen LogP contribution in [-0.4, -0.2) is 20.9 Å². The van der Waals surface area contributed by atoms with Crippen molar-refractivity contribution in [3.8, 4) is 16.8 Å². The summed E-state index contributed by atoms with van der Waals surface area (Å²) in [5, 5.41) is 14.0. The molecule has 2 aromatic carbocycles. The summed E-state index contributed by atoms with van der Waals surface area (Å²) in [5.41, 5.74) is 3.28. The summed E-state index contributed by atoms with van der Waals surface area (Å²) in [7, 11) is 0. The van der Waals surface area contributed by atoms with E-state index in [9.17, 15) is 4.79 Å². The highest BCUT2D eigenvalue weighted by Crippen LogP contribution is 2.25. The Morgan fingerprint density at radius 2 is 1.83 bits per heavy atom. The highest BCUT2D eigenvalue weighted by Gasteiger charge is 2.13. The van der Waals surface area contributed by atoms with Gasteiger partial charge in [0, 0.05) is 10.6 Å². The third-order valence-electron chi connectivity index (χ3n) is 3.39. The largest absolute Gasteiger partial charge is 0.481 e. The standard InChI is InChI=1S/C17H12Cl2N2O2/c18-14-3-1-2-12(8-14)11-4-6-15(7-5-11)21-17(19)13(10-20-21)9-16(22)23/h1-8,10H,9H2,(H,22,23). The van der Waals surface area contributed by atoms with Gasteiger partial charge in [0.2, 0.25) is 0 Å². The molecule has 0 aliphatic heterocycles. The van der Waals surface area contributed by atoms with Crippen molar-refractivity contribution >= 4 is 29.2 Å². The number of aliphatic carboxylic acids is 1. The van der Waals surface area contributed by atoms with Crippen LogP contribution in [0.25, 0.3) is 16.8 Å². The lowest BCUT2D eigenvalue weighted by atomic mass is 10.1. The zero-order chi connectivity index (χ0) is 16.4. The molecule has 0 aliphatic carbocycles. The van der Waals surface area contributed by atoms with E-state index in [1.807, 2.05) is 48.5 Å². The Balaban J connectivity index is 1.91. The van der Waals surface area contributed by atoms with Crippen molar-refractivity contribution in [2.45, 2.75) is 6.42 Å². The van der Waals surface area contributed by atoms with Crippen molar-refractivity contribution in [2.75, 3.05) is 0 Å². The van der Waals surface area contributed by atoms with Crippen LogP contribution in [0.15, 0.2) is 54.7 Å². The Kier molecular flexibility index (Phi) is 4.37. The highest BCUT2D eigenvalue weighted by molar-refractivity contribution is 6.31. The summed E-state index contributed by atoms with van der Waals surface area (Å²) in [4.78, 5) is 10.8. The number of carboxylic acid groups (broad SMARTS) is 1. The van der Waals surface area contributed by atoms with E-state index in [4.69, 9.17) is 28.3 Å². The van der Waals surface area contributed by atoms with Crippen LogP contribution in [0.1, 0.15) is 5.56 Å². The van der Waals surface area contributed by atoms with E-state index in [0.717, 1.165) is 16.8 Å². The van der Waals surface area contributed by atoms with Gasteiger partial charge in [0.1, 0.15) is 5.15 Å². The molecule has 1 N–H and O–H groups in total. The van der Waals surface area contributed by atoms with Crippen LogP contribution < -0.4 is 0 Å². The van der Waals surface area contributed by atoms with E-state index in [1.54, 1.807) is 0 Å². The van der Waals surface area contributed by atoms with E-state index >= 15 is 0 Å². The summed E-state index contributed by atoms with van der Waals surface area (Å²) >= 11 is 12.2. The third-order valence-corrected chi connectivity index (χ3v) is 4.03. The molecule has 0 saturated carbocycles. The van der Waals surface area contributed by atoms with Gasteiger partial charge in [-0.15, -0.1) is 0 Å². The minimum absolute atomic E-state index is 0.153. The van der Waals surface area contributed by atoms with Gasteiger partial charge in [0.15, 0.2) is 0 Å². The highest BCUT2D eigenvalue weighted by atomic mass is 35.5. The number of hydrogen-bond donors (Lipinski definition) is 1. The number of nitrogens with zero attached hydrogens (tertiary/aromatic N) is 2. The molecule has 3 rings (SSSR count). The molecule has 0 spiro atoms. The topological polar surface area (TPSA) is 55.1 Å². The fourth-order valence-corrected chi connectivity index (χ4v) is 2.74. The van der Waals surface area contributed by atoms with Gasteiger partial charge in [-0.1, -0.05) is 47.5 Å². The molecule has 6 heteroatoms. The van der Waals surface area contributed by atoms with Gasteiger partial charge in [-0.2, -0.15) is 5.10 Å². The molecule has 0 amide bonds. The summed E-state index contributed by atoms with van der Waals surface area (Å²) in [6.07, 6.45) is 1.32. The first kappa shape index (κ1) is 15.6. The third kappa shape index (κ3) is 3.38. The Morgan fingerprint density at radius 3 is 2.48 bits per heavy atom. The lowest BCUT2D eigenvalue weighted by Crippen LogP contribution is -2.00. The summed E-state index contributed by atoms with van der Waals surface area (Å²) < 4.78 is 1.52. The predicted octanol–water partition coefficient (Wildman–Crippen LogP) is 4.47. The Hall–Kier alpha value is -2.30. The average molecular weight is 347 g/mol. The summed E-state index contributed by atoms with van der Waals surface area (Å²) in [6.45, 7) is 0. The lowest BCUT2D eigenvalue weighted by Gasteiger charge is -2.06. The second-order valence-electron chi connectivity index (χ2n) is 5.00. The van der Waals surface area contributed by atoms with E-state index in [-0.39, 0.29) is 6.42 Å². The van der Waals surface area contributed by atoms with Crippen LogP contribution in [0.2, 0.25) is 10.2 Å². The smallest absolute Gasteiger partial charge is 0.307 e. The minimum atomic E-state index is -0.942. The number of benzene rings is 2. The molecular formula is C17H12Cl2N2O2. The number of halogens is 2. The van der Waals surface area contributed by atoms with Crippen LogP contribution in [0.5, 0.6) is 0 Å². The van der Waals surface area contributed by atoms with Gasteiger partial charge in [-0.05, 0) is 35.4 Å². The quantitative estimate of drug-likeness (QED) is 0.757. The molecule has 0 aliphatic rings. The maximum Gasteiger partial charge on any atom is 0.307 e. The van der Waals surface area contributed by atoms with Gasteiger partial charge >= 0.3 is 5.97 Å². The number of rotatable bonds is 4. The molecule has 0 bridgehead atoms. The first-order valence-electron chi connectivity index (χ1n) is 6.85. The predicted molar refractivity (Wildman–Crippen MR) is 90.4 cm³/mol. The fraction of sp³-hybridized carbons (Fsp3) is 0.0588. The monoisotopic (exact) mass is 346 g/mol. The molecule has 1 aromatic heterocycles. The fourth-order valence-electron chi connectivity index (χ4n) is 2.29. The summed E-state index contributed by atoms with van der Waals surface area (Å²) in [6, 6.07) is 15.2. The van der Waals surface area contributed by atoms with E-state index < -0.39 is 5.97 Å². The molecule has 0 fully saturated rings. The maximum absolute atomic E-state index is 10.8. The van der Waals surface area contributed by atoms with Crippen LogP contribution in [-0.2, 0) is 11.2 Å². The lowest BCUT2D eigenvalue weighted by molar-refractivity contribution is -0.136. The number of carbonyl (C=O) groups is 1. The second-order valence-corrected chi connectivity index (χ2v) is 5.79. The molecule has 0 unspecified atom stereocenters. The SMILES string of the molecule is O=C(O)Cc1cnn(-c2ccc(-c3cccc(Cl)c3)cc2)c1Cl. The molecule has 0 saturated heterocycles. The van der Waals surface area contributed by atoms with Crippen molar-refractivity contribution in [3.05, 3.63) is 70.5 Å². The molecule has 0 atom stereocenters. The molecule has 1 heterocycles. The van der Waals surface area contributed by atoms with Gasteiger partial charge < -0.3 is 5.11 Å². The molecule has 23 heavy (non-hydrogen) atoms. The van der Waals surface area contributed by atoms with Crippen molar-refractivity contribution in [3.63, 3.8) is 0 Å². The van der Waals surface area contributed by atoms with Crippen LogP contribution >= 0.6 is 23.2 Å². The average Bonchev–Trinajstić information content (AvgIpc) is 2.88. The van der Waals surface area contributed by atoms with Gasteiger partial charge in [-0.3, -0.25) is 4.79 Å². The van der Waals surface area contributed by atoms with Gasteiger partial charge in [-0.25, -0.2) is 4.68 Å². The van der Waals surface area contributed by atoms with Gasteiger partial charge in [0.25, 0.3) is 0 Å². The Bertz CT molecular complexity index is 857. The van der Waals surface area contributed by atoms with Crippen molar-refractivity contribution in [1.29, 1.82) is 0 Å². The zero-order valence-corrected chi connectivity index (χ0v) is 13.4. The number of hydrogen-bond acceptors (Lipinski definition) is 2. The maximum atomic E-state index is 10.8. The minimum Gasteiger partial charge on any atom is -0.481 e. The normalized spacial score (nSPS) is 10.7. The van der Waals surface area contributed by atoms with Crippen LogP contribution in [0, 0.1) is 0 Å². The van der Waals surface area contributed by atoms with E-state index in [2.05, 4.69) is 5.10 Å². The van der Waals surface area contributed by atoms with Crippen molar-refractivity contribution in [2.24, 2.45) is 0 Å². The molecule has 3 aromatic rings. The van der Waals surface area contributed by atoms with Crippen LogP contribution in [0.3, 0.4) is 0 Å². The second kappa shape index (κ2) is 6.44. The van der Waals surface area contributed by atoms with Crippen molar-refractivity contribution in [1.82, 2.24) is 9.78 Å². The number of aromatic nitrogens is 2. The molecule has 116 valence electrons. The number of carboxylic acids is 1. The zero-order valence-electron chi connectivity index (χ0n) is 11.9. The molecule has 0 radical (unpaired) electrons. The molecular weight excluding hydrogens is 335 g/mol. The Morgan fingerprint density at radius 1 is 1.09 bits per heavy atom. The van der Waals surface area contributed by atoms with E-state index in [0.29, 0.717) is 15.7 Å². The van der Waals surface area contributed by atoms with E-state index in [1.165, 1.54) is 10.9 Å². The van der Waals surface area contributed by atoms with Crippen molar-refractivity contribution < 1.29 is 9.90 Å². The van der Waals surface area contributed by atoms with Crippen LogP contribution in [0.4, 0.5) is 0 Å². The molecule has 4 nitrogen and oxygen atoms in total. The van der Waals surface area contributed by atoms with Gasteiger partial charge in [0.05, 0.1) is 18.3 Å². The Labute approximate surface area is 142 Å². The first-order valence-corrected chi connectivity index (χ1v) is 7.61.